The minimum Gasteiger partial charge on any atom is -0.376 e. The molecule has 0 radical (unpaired) electrons. The van der Waals surface area contributed by atoms with Crippen LogP contribution in [-0.4, -0.2) is 32.4 Å². The molecule has 2 saturated heterocycles. The molecule has 0 unspecified atom stereocenters. The summed E-state index contributed by atoms with van der Waals surface area (Å²) in [5.74, 6) is 0. The Morgan fingerprint density at radius 3 is 1.98 bits per heavy atom. The van der Waals surface area contributed by atoms with Crippen LogP contribution in [0.2, 0.25) is 0 Å². The molecule has 214 valence electrons. The summed E-state index contributed by atoms with van der Waals surface area (Å²) in [6, 6.07) is 18.6. The van der Waals surface area contributed by atoms with Gasteiger partial charge in [-0.15, -0.1) is 0 Å². The van der Waals surface area contributed by atoms with Gasteiger partial charge in [-0.1, -0.05) is 48.5 Å². The molecule has 3 aromatic carbocycles. The molecule has 1 N–H and O–H groups in total. The van der Waals surface area contributed by atoms with Crippen molar-refractivity contribution in [3.05, 3.63) is 101 Å². The number of hydrogen-bond acceptors (Lipinski definition) is 4. The Bertz CT molecular complexity index is 1410. The highest BCUT2D eigenvalue weighted by Gasteiger charge is 2.57. The molecular weight excluding hydrogens is 556 g/mol. The first-order valence-electron chi connectivity index (χ1n) is 12.8. The minimum atomic E-state index is -4.93. The lowest BCUT2D eigenvalue weighted by atomic mass is 9.80. The van der Waals surface area contributed by atoms with Crippen molar-refractivity contribution in [2.45, 2.75) is 65.9 Å². The number of hydrogen-bond donors (Lipinski definition) is 1. The molecule has 0 amide bonds. The zero-order valence-electron chi connectivity index (χ0n) is 21.2. The molecule has 0 aromatic heterocycles. The van der Waals surface area contributed by atoms with E-state index in [2.05, 4.69) is 5.32 Å². The lowest BCUT2D eigenvalue weighted by Crippen LogP contribution is -2.54. The van der Waals surface area contributed by atoms with Gasteiger partial charge in [-0.25, -0.2) is 8.42 Å². The lowest BCUT2D eigenvalue weighted by Gasteiger charge is -2.42. The van der Waals surface area contributed by atoms with E-state index in [9.17, 15) is 34.8 Å². The SMILES string of the molecule is O=S(=O)(c1ccccc1)[C@@H]1C[C@@]2(c3ccccc3)N[C@H]1CC[C@H]2OCCc1cc(C(F)(F)F)cc(C(F)(F)F)c1. The summed E-state index contributed by atoms with van der Waals surface area (Å²) in [5.41, 5.74) is -2.96. The number of sulfone groups is 1. The van der Waals surface area contributed by atoms with Crippen LogP contribution in [0.1, 0.15) is 41.5 Å². The highest BCUT2D eigenvalue weighted by atomic mass is 32.2. The number of rotatable bonds is 7. The van der Waals surface area contributed by atoms with Gasteiger partial charge in [-0.2, -0.15) is 26.3 Å². The van der Waals surface area contributed by atoms with Gasteiger partial charge in [0.25, 0.3) is 0 Å². The Hall–Kier alpha value is -2.89. The predicted octanol–water partition coefficient (Wildman–Crippen LogP) is 6.55. The maximum atomic E-state index is 13.6. The molecule has 11 heteroatoms. The van der Waals surface area contributed by atoms with Crippen molar-refractivity contribution in [3.8, 4) is 0 Å². The molecule has 0 saturated carbocycles. The molecule has 40 heavy (non-hydrogen) atoms. The van der Waals surface area contributed by atoms with Gasteiger partial charge in [0.15, 0.2) is 9.84 Å². The largest absolute Gasteiger partial charge is 0.416 e. The standard InChI is InChI=1S/C29H27F6NO3S/c30-28(31,32)21-15-19(16-22(17-21)29(33,34)35)13-14-39-26-12-11-24-25(40(37,38)23-9-5-2-6-10-23)18-27(26,36-24)20-7-3-1-4-8-20/h1-10,15-17,24-26,36H,11-14,18H2/t24-,25+,26+,27-/m0/s1. The van der Waals surface area contributed by atoms with E-state index in [1.54, 1.807) is 30.3 Å². The van der Waals surface area contributed by atoms with Gasteiger partial charge >= 0.3 is 12.4 Å². The normalized spacial score (nSPS) is 25.2. The zero-order valence-corrected chi connectivity index (χ0v) is 22.0. The molecule has 2 aliphatic rings. The molecule has 2 heterocycles. The first kappa shape index (κ1) is 28.6. The summed E-state index contributed by atoms with van der Waals surface area (Å²) in [4.78, 5) is 0.222. The first-order valence-corrected chi connectivity index (χ1v) is 14.4. The molecule has 0 spiro atoms. The molecule has 2 bridgehead atoms. The van der Waals surface area contributed by atoms with Crippen molar-refractivity contribution < 1.29 is 39.5 Å². The molecule has 2 aliphatic heterocycles. The smallest absolute Gasteiger partial charge is 0.376 e. The fourth-order valence-electron chi connectivity index (χ4n) is 5.94. The Balaban J connectivity index is 1.40. The van der Waals surface area contributed by atoms with Crippen LogP contribution in [0, 0.1) is 0 Å². The first-order chi connectivity index (χ1) is 18.8. The number of ether oxygens (including phenoxy) is 1. The topological polar surface area (TPSA) is 55.4 Å². The summed E-state index contributed by atoms with van der Waals surface area (Å²) in [7, 11) is -3.69. The quantitative estimate of drug-likeness (QED) is 0.321. The van der Waals surface area contributed by atoms with E-state index < -0.39 is 50.2 Å². The van der Waals surface area contributed by atoms with Crippen LogP contribution in [0.5, 0.6) is 0 Å². The fourth-order valence-corrected chi connectivity index (χ4v) is 7.95. The van der Waals surface area contributed by atoms with Gasteiger partial charge in [0.2, 0.25) is 0 Å². The van der Waals surface area contributed by atoms with Gasteiger partial charge in [0, 0.05) is 6.04 Å². The summed E-state index contributed by atoms with van der Waals surface area (Å²) >= 11 is 0. The van der Waals surface area contributed by atoms with Crippen molar-refractivity contribution in [1.82, 2.24) is 5.32 Å². The maximum Gasteiger partial charge on any atom is 0.416 e. The Morgan fingerprint density at radius 1 is 0.825 bits per heavy atom. The fraction of sp³-hybridized carbons (Fsp3) is 0.379. The highest BCUT2D eigenvalue weighted by molar-refractivity contribution is 7.92. The van der Waals surface area contributed by atoms with Gasteiger partial charge in [0.05, 0.1) is 39.5 Å². The molecular formula is C29H27F6NO3S. The number of benzene rings is 3. The Morgan fingerprint density at radius 2 is 1.40 bits per heavy atom. The van der Waals surface area contributed by atoms with E-state index in [1.165, 1.54) is 0 Å². The molecule has 3 aromatic rings. The second kappa shape index (κ2) is 10.5. The van der Waals surface area contributed by atoms with E-state index in [4.69, 9.17) is 4.74 Å². The molecule has 4 atom stereocenters. The molecule has 2 fully saturated rings. The van der Waals surface area contributed by atoms with Crippen molar-refractivity contribution in [2.24, 2.45) is 0 Å². The number of fused-ring (bicyclic) bond motifs is 2. The van der Waals surface area contributed by atoms with Crippen molar-refractivity contribution in [3.63, 3.8) is 0 Å². The van der Waals surface area contributed by atoms with Crippen LogP contribution in [0.25, 0.3) is 0 Å². The Labute approximate surface area is 228 Å². The summed E-state index contributed by atoms with van der Waals surface area (Å²) < 4.78 is 113. The van der Waals surface area contributed by atoms with Crippen molar-refractivity contribution in [2.75, 3.05) is 6.61 Å². The van der Waals surface area contributed by atoms with Crippen LogP contribution < -0.4 is 5.32 Å². The van der Waals surface area contributed by atoms with Crippen LogP contribution in [-0.2, 0) is 38.9 Å². The second-order valence-electron chi connectivity index (χ2n) is 10.3. The summed E-state index contributed by atoms with van der Waals surface area (Å²) in [6.45, 7) is -0.139. The van der Waals surface area contributed by atoms with Crippen molar-refractivity contribution in [1.29, 1.82) is 0 Å². The number of halogens is 6. The van der Waals surface area contributed by atoms with Gasteiger partial charge in [0.1, 0.15) is 0 Å². The number of nitrogens with one attached hydrogen (secondary N) is 1. The van der Waals surface area contributed by atoms with E-state index in [0.717, 1.165) is 5.56 Å². The monoisotopic (exact) mass is 583 g/mol. The summed E-state index contributed by atoms with van der Waals surface area (Å²) in [6.07, 6.45) is -9.41. The van der Waals surface area contributed by atoms with Crippen LogP contribution in [0.3, 0.4) is 0 Å². The third kappa shape index (κ3) is 5.51. The molecule has 0 aliphatic carbocycles. The number of alkyl halides is 6. The Kier molecular flexibility index (Phi) is 7.52. The van der Waals surface area contributed by atoms with Crippen LogP contribution in [0.4, 0.5) is 26.3 Å². The van der Waals surface area contributed by atoms with Gasteiger partial charge < -0.3 is 10.1 Å². The average molecular weight is 584 g/mol. The third-order valence-electron chi connectivity index (χ3n) is 7.82. The van der Waals surface area contributed by atoms with E-state index in [1.807, 2.05) is 30.3 Å². The van der Waals surface area contributed by atoms with Gasteiger partial charge in [-0.05, 0) is 67.1 Å². The predicted molar refractivity (Wildman–Crippen MR) is 136 cm³/mol. The minimum absolute atomic E-state index is 0.103. The maximum absolute atomic E-state index is 13.6. The van der Waals surface area contributed by atoms with Crippen molar-refractivity contribution >= 4 is 9.84 Å². The van der Waals surface area contributed by atoms with E-state index in [0.29, 0.717) is 25.0 Å². The van der Waals surface area contributed by atoms with E-state index in [-0.39, 0.29) is 42.0 Å². The van der Waals surface area contributed by atoms with Gasteiger partial charge in [-0.3, -0.25) is 0 Å². The van der Waals surface area contributed by atoms with E-state index >= 15 is 0 Å². The average Bonchev–Trinajstić information content (AvgIpc) is 3.25. The number of piperidine rings is 1. The van der Waals surface area contributed by atoms with Crippen LogP contribution in [0.15, 0.2) is 83.8 Å². The molecule has 4 nitrogen and oxygen atoms in total. The third-order valence-corrected chi connectivity index (χ3v) is 10.0. The zero-order chi connectivity index (χ0) is 28.8. The lowest BCUT2D eigenvalue weighted by molar-refractivity contribution is -0.143. The molecule has 5 rings (SSSR count). The highest BCUT2D eigenvalue weighted by Crippen LogP contribution is 2.48. The second-order valence-corrected chi connectivity index (χ2v) is 12.5. The summed E-state index contributed by atoms with van der Waals surface area (Å²) in [5, 5.41) is 2.77. The van der Waals surface area contributed by atoms with Crippen LogP contribution >= 0.6 is 0 Å².